The Hall–Kier alpha value is -2.56. The van der Waals surface area contributed by atoms with Gasteiger partial charge < -0.3 is 5.11 Å². The lowest BCUT2D eigenvalue weighted by Crippen LogP contribution is -1.93. The number of benzene rings is 1. The van der Waals surface area contributed by atoms with E-state index in [0.29, 0.717) is 17.0 Å². The minimum Gasteiger partial charge on any atom is -0.506 e. The van der Waals surface area contributed by atoms with Crippen molar-refractivity contribution in [2.45, 2.75) is 0 Å². The number of rotatable bonds is 1. The Labute approximate surface area is 96.8 Å². The van der Waals surface area contributed by atoms with Crippen molar-refractivity contribution in [3.63, 3.8) is 0 Å². The van der Waals surface area contributed by atoms with E-state index in [-0.39, 0.29) is 5.75 Å². The lowest BCUT2D eigenvalue weighted by atomic mass is 10.2. The van der Waals surface area contributed by atoms with E-state index in [9.17, 15) is 5.11 Å². The van der Waals surface area contributed by atoms with Crippen LogP contribution in [0.3, 0.4) is 0 Å². The van der Waals surface area contributed by atoms with Gasteiger partial charge in [-0.2, -0.15) is 5.10 Å². The average molecular weight is 224 g/mol. The minimum absolute atomic E-state index is 0.147. The van der Waals surface area contributed by atoms with Gasteiger partial charge in [-0.1, -0.05) is 18.2 Å². The van der Waals surface area contributed by atoms with Crippen LogP contribution in [-0.2, 0) is 0 Å². The van der Waals surface area contributed by atoms with Crippen molar-refractivity contribution in [1.29, 1.82) is 0 Å². The lowest BCUT2D eigenvalue weighted by molar-refractivity contribution is 0.480. The Morgan fingerprint density at radius 1 is 1.00 bits per heavy atom. The molecule has 0 amide bonds. The van der Waals surface area contributed by atoms with E-state index in [0.717, 1.165) is 5.39 Å². The highest BCUT2D eigenvalue weighted by Crippen LogP contribution is 2.24. The third kappa shape index (κ3) is 1.67. The van der Waals surface area contributed by atoms with Crippen molar-refractivity contribution < 1.29 is 5.11 Å². The van der Waals surface area contributed by atoms with Crippen molar-refractivity contribution in [2.75, 3.05) is 0 Å². The first-order valence-electron chi connectivity index (χ1n) is 5.07. The molecular formula is C12H8N4O. The molecule has 2 heterocycles. The second kappa shape index (κ2) is 3.79. The summed E-state index contributed by atoms with van der Waals surface area (Å²) in [6.07, 6.45) is 3.06. The van der Waals surface area contributed by atoms with Gasteiger partial charge >= 0.3 is 0 Å². The van der Waals surface area contributed by atoms with Crippen molar-refractivity contribution in [1.82, 2.24) is 20.2 Å². The second-order valence-electron chi connectivity index (χ2n) is 3.51. The molecule has 82 valence electrons. The summed E-state index contributed by atoms with van der Waals surface area (Å²) in [5.41, 5.74) is 1.13. The van der Waals surface area contributed by atoms with Gasteiger partial charge in [0.1, 0.15) is 17.0 Å². The highest BCUT2D eigenvalue weighted by atomic mass is 16.3. The monoisotopic (exact) mass is 224 g/mol. The first-order chi connectivity index (χ1) is 8.34. The molecule has 0 bridgehead atoms. The van der Waals surface area contributed by atoms with Gasteiger partial charge in [-0.05, 0) is 12.1 Å². The molecule has 1 aromatic carbocycles. The zero-order valence-electron chi connectivity index (χ0n) is 8.78. The highest BCUT2D eigenvalue weighted by molar-refractivity contribution is 5.85. The molecule has 0 aliphatic rings. The lowest BCUT2D eigenvalue weighted by Gasteiger charge is -2.02. The third-order valence-electron chi connectivity index (χ3n) is 2.41. The number of aromatic hydroxyl groups is 1. The molecule has 3 rings (SSSR count). The number of para-hydroxylation sites is 1. The van der Waals surface area contributed by atoms with E-state index in [4.69, 9.17) is 0 Å². The summed E-state index contributed by atoms with van der Waals surface area (Å²) in [7, 11) is 0. The molecule has 2 aromatic heterocycles. The number of pyridine rings is 1. The molecule has 0 atom stereocenters. The maximum Gasteiger partial charge on any atom is 0.200 e. The molecule has 0 saturated carbocycles. The molecule has 3 aromatic rings. The first-order valence-corrected chi connectivity index (χ1v) is 5.07. The minimum atomic E-state index is 0.147. The van der Waals surface area contributed by atoms with Gasteiger partial charge in [0, 0.05) is 11.6 Å². The summed E-state index contributed by atoms with van der Waals surface area (Å²) in [6, 6.07) is 8.94. The molecule has 0 aliphatic heterocycles. The SMILES string of the molecule is Oc1cccc2ccc(-c3nccnn3)nc12. The summed E-state index contributed by atoms with van der Waals surface area (Å²) in [5.74, 6) is 0.589. The van der Waals surface area contributed by atoms with Crippen LogP contribution < -0.4 is 0 Å². The van der Waals surface area contributed by atoms with Crippen LogP contribution in [-0.4, -0.2) is 25.3 Å². The molecule has 0 unspecified atom stereocenters. The van der Waals surface area contributed by atoms with Gasteiger partial charge in [0.2, 0.25) is 0 Å². The van der Waals surface area contributed by atoms with Gasteiger partial charge in [-0.3, -0.25) is 0 Å². The molecular weight excluding hydrogens is 216 g/mol. The molecule has 5 nitrogen and oxygen atoms in total. The van der Waals surface area contributed by atoms with Gasteiger partial charge in [0.05, 0.1) is 6.20 Å². The normalized spacial score (nSPS) is 10.6. The largest absolute Gasteiger partial charge is 0.506 e. The Kier molecular flexibility index (Phi) is 2.15. The Bertz CT molecular complexity index is 670. The average Bonchev–Trinajstić information content (AvgIpc) is 2.40. The summed E-state index contributed by atoms with van der Waals surface area (Å²) in [5, 5.41) is 18.2. The molecule has 0 aliphatic carbocycles. The zero-order valence-corrected chi connectivity index (χ0v) is 8.78. The second-order valence-corrected chi connectivity index (χ2v) is 3.51. The van der Waals surface area contributed by atoms with Gasteiger partial charge in [-0.25, -0.2) is 9.97 Å². The Morgan fingerprint density at radius 3 is 2.76 bits per heavy atom. The number of phenolic OH excluding ortho intramolecular Hbond substituents is 1. The number of aromatic nitrogens is 4. The van der Waals surface area contributed by atoms with Crippen molar-refractivity contribution in [3.05, 3.63) is 42.7 Å². The molecule has 0 spiro atoms. The predicted octanol–water partition coefficient (Wildman–Crippen LogP) is 1.79. The summed E-state index contributed by atoms with van der Waals surface area (Å²) >= 11 is 0. The maximum absolute atomic E-state index is 9.72. The highest BCUT2D eigenvalue weighted by Gasteiger charge is 2.06. The van der Waals surface area contributed by atoms with Crippen LogP contribution in [0.4, 0.5) is 0 Å². The van der Waals surface area contributed by atoms with Crippen LogP contribution in [0.5, 0.6) is 5.75 Å². The van der Waals surface area contributed by atoms with Crippen LogP contribution >= 0.6 is 0 Å². The summed E-state index contributed by atoms with van der Waals surface area (Å²) < 4.78 is 0. The van der Waals surface area contributed by atoms with E-state index in [1.807, 2.05) is 12.1 Å². The van der Waals surface area contributed by atoms with Crippen LogP contribution in [0.2, 0.25) is 0 Å². The van der Waals surface area contributed by atoms with Crippen LogP contribution in [0.15, 0.2) is 42.7 Å². The van der Waals surface area contributed by atoms with E-state index < -0.39 is 0 Å². The summed E-state index contributed by atoms with van der Waals surface area (Å²) in [6.45, 7) is 0. The van der Waals surface area contributed by atoms with Gasteiger partial charge in [0.15, 0.2) is 5.82 Å². The Balaban J connectivity index is 2.23. The van der Waals surface area contributed by atoms with E-state index in [1.54, 1.807) is 24.4 Å². The first kappa shape index (κ1) is 9.65. The molecule has 0 fully saturated rings. The van der Waals surface area contributed by atoms with Crippen LogP contribution in [0.25, 0.3) is 22.4 Å². The molecule has 0 saturated heterocycles. The van der Waals surface area contributed by atoms with Gasteiger partial charge in [0.25, 0.3) is 0 Å². The smallest absolute Gasteiger partial charge is 0.200 e. The topological polar surface area (TPSA) is 71.8 Å². The zero-order chi connectivity index (χ0) is 11.7. The maximum atomic E-state index is 9.72. The molecule has 1 N–H and O–H groups in total. The molecule has 17 heavy (non-hydrogen) atoms. The van der Waals surface area contributed by atoms with Crippen molar-refractivity contribution >= 4 is 10.9 Å². The van der Waals surface area contributed by atoms with Crippen molar-refractivity contribution in [2.24, 2.45) is 0 Å². The molecule has 0 radical (unpaired) electrons. The third-order valence-corrected chi connectivity index (χ3v) is 2.41. The number of hydrogen-bond donors (Lipinski definition) is 1. The predicted molar refractivity (Wildman–Crippen MR) is 62.2 cm³/mol. The van der Waals surface area contributed by atoms with E-state index in [1.165, 1.54) is 6.20 Å². The number of hydrogen-bond acceptors (Lipinski definition) is 5. The van der Waals surface area contributed by atoms with E-state index >= 15 is 0 Å². The number of fused-ring (bicyclic) bond motifs is 1. The Morgan fingerprint density at radius 2 is 1.94 bits per heavy atom. The fourth-order valence-electron chi connectivity index (χ4n) is 1.62. The quantitative estimate of drug-likeness (QED) is 0.682. The molecule has 5 heteroatoms. The van der Waals surface area contributed by atoms with E-state index in [2.05, 4.69) is 20.2 Å². The van der Waals surface area contributed by atoms with Gasteiger partial charge in [-0.15, -0.1) is 5.10 Å². The fourth-order valence-corrected chi connectivity index (χ4v) is 1.62. The fraction of sp³-hybridized carbons (Fsp3) is 0. The summed E-state index contributed by atoms with van der Waals surface area (Å²) in [4.78, 5) is 8.40. The number of nitrogens with zero attached hydrogens (tertiary/aromatic N) is 4. The van der Waals surface area contributed by atoms with Crippen LogP contribution in [0.1, 0.15) is 0 Å². The standard InChI is InChI=1S/C12H8N4O/c17-10-3-1-2-8-4-5-9(15-11(8)10)12-13-6-7-14-16-12/h1-7,17H. The number of phenols is 1. The van der Waals surface area contributed by atoms with Crippen LogP contribution in [0, 0.1) is 0 Å². The van der Waals surface area contributed by atoms with Crippen molar-refractivity contribution in [3.8, 4) is 17.3 Å².